The normalized spacial score (nSPS) is 23.4. The molecule has 22 heavy (non-hydrogen) atoms. The maximum Gasteiger partial charge on any atom is 0.339 e. The van der Waals surface area contributed by atoms with E-state index in [1.807, 2.05) is 6.07 Å². The number of amidine groups is 1. The molecule has 1 N–H and O–H groups in total. The third-order valence-corrected chi connectivity index (χ3v) is 4.09. The summed E-state index contributed by atoms with van der Waals surface area (Å²) in [6.45, 7) is 3.78. The molecule has 116 valence electrons. The number of hydrogen-bond donors (Lipinski definition) is 1. The van der Waals surface area contributed by atoms with Gasteiger partial charge in [0.1, 0.15) is 6.07 Å². The van der Waals surface area contributed by atoms with Crippen molar-refractivity contribution < 1.29 is 14.2 Å². The molecule has 0 aromatic carbocycles. The van der Waals surface area contributed by atoms with E-state index in [4.69, 9.17) is 5.26 Å². The van der Waals surface area contributed by atoms with Crippen molar-refractivity contribution in [3.63, 3.8) is 0 Å². The lowest BCUT2D eigenvalue weighted by atomic mass is 10.1. The van der Waals surface area contributed by atoms with Gasteiger partial charge in [0.05, 0.1) is 6.08 Å². The van der Waals surface area contributed by atoms with Crippen LogP contribution >= 0.6 is 0 Å². The van der Waals surface area contributed by atoms with Gasteiger partial charge in [0.15, 0.2) is 17.1 Å². The molecule has 2 aliphatic heterocycles. The van der Waals surface area contributed by atoms with Gasteiger partial charge in [0, 0.05) is 13.3 Å². The van der Waals surface area contributed by atoms with Crippen LogP contribution in [0.15, 0.2) is 28.3 Å². The Morgan fingerprint density at radius 3 is 2.73 bits per heavy atom. The highest BCUT2D eigenvalue weighted by Gasteiger charge is 2.48. The van der Waals surface area contributed by atoms with Gasteiger partial charge in [-0.2, -0.15) is 5.26 Å². The zero-order chi connectivity index (χ0) is 16.2. The van der Waals surface area contributed by atoms with Crippen LogP contribution in [0.1, 0.15) is 52.4 Å². The molecule has 0 radical (unpaired) electrons. The first kappa shape index (κ1) is 16.1. The predicted octanol–water partition coefficient (Wildman–Crippen LogP) is 2.46. The molecule has 0 fully saturated rings. The van der Waals surface area contributed by atoms with E-state index in [1.54, 1.807) is 6.92 Å². The number of carbonyl (C=O) groups excluding carboxylic acids is 2. The van der Waals surface area contributed by atoms with Crippen LogP contribution < -0.4 is 5.32 Å². The second kappa shape index (κ2) is 6.67. The Bertz CT molecular complexity index is 625. The maximum atomic E-state index is 11.9. The molecule has 0 spiro atoms. The van der Waals surface area contributed by atoms with Crippen molar-refractivity contribution in [2.75, 3.05) is 0 Å². The van der Waals surface area contributed by atoms with Crippen LogP contribution in [0, 0.1) is 11.3 Å². The van der Waals surface area contributed by atoms with E-state index in [0.717, 1.165) is 19.3 Å². The fraction of sp³-hybridized carbons (Fsp3) is 0.500. The van der Waals surface area contributed by atoms with Crippen molar-refractivity contribution in [1.82, 2.24) is 5.32 Å². The molecular formula is C16H21N4O2+. The number of allylic oxidation sites excluding steroid dienone is 3. The number of fused-ring (bicyclic) bond motifs is 1. The topological polar surface area (TPSA) is 82.3 Å². The number of unbranched alkanes of at least 4 members (excludes halogenated alkanes) is 4. The van der Waals surface area contributed by atoms with E-state index in [1.165, 1.54) is 25.3 Å². The molecule has 2 heterocycles. The Morgan fingerprint density at radius 2 is 2.09 bits per heavy atom. The summed E-state index contributed by atoms with van der Waals surface area (Å²) in [5, 5.41) is 16.6. The van der Waals surface area contributed by atoms with Gasteiger partial charge >= 0.3 is 6.41 Å². The summed E-state index contributed by atoms with van der Waals surface area (Å²) in [7, 11) is 0. The minimum absolute atomic E-state index is 0.00871. The molecule has 2 aliphatic rings. The van der Waals surface area contributed by atoms with Gasteiger partial charge in [-0.3, -0.25) is 10.1 Å². The third-order valence-electron chi connectivity index (χ3n) is 4.09. The van der Waals surface area contributed by atoms with Crippen molar-refractivity contribution in [2.45, 2.75) is 52.4 Å². The molecule has 0 aliphatic carbocycles. The number of ketones is 1. The van der Waals surface area contributed by atoms with E-state index >= 15 is 0 Å². The molecule has 0 aromatic heterocycles. The Labute approximate surface area is 130 Å². The Balaban J connectivity index is 2.16. The summed E-state index contributed by atoms with van der Waals surface area (Å²) in [6, 6.07) is 1.87. The average molecular weight is 301 g/mol. The molecule has 0 saturated carbocycles. The molecule has 2 rings (SSSR count). The van der Waals surface area contributed by atoms with Gasteiger partial charge in [-0.05, 0) is 11.5 Å². The minimum Gasteiger partial charge on any atom is -0.292 e. The number of rotatable bonds is 7. The van der Waals surface area contributed by atoms with Crippen molar-refractivity contribution in [3.05, 3.63) is 23.2 Å². The fourth-order valence-electron chi connectivity index (χ4n) is 2.74. The molecule has 6 heteroatoms. The summed E-state index contributed by atoms with van der Waals surface area (Å²) in [5.74, 6) is 0.735. The minimum atomic E-state index is -0.432. The SMILES string of the molecule is CCCCCCCC1=N[N+]2(C=O)C(=CC(=O)C(C#N)=C2C)N1. The summed E-state index contributed by atoms with van der Waals surface area (Å²) in [6.07, 6.45) is 8.40. The lowest BCUT2D eigenvalue weighted by Crippen LogP contribution is -2.42. The number of amides is 1. The van der Waals surface area contributed by atoms with Gasteiger partial charge in [-0.25, -0.2) is 4.79 Å². The first-order chi connectivity index (χ1) is 10.6. The number of quaternary nitrogens is 1. The molecule has 0 saturated heterocycles. The molecule has 1 atom stereocenters. The van der Waals surface area contributed by atoms with Crippen molar-refractivity contribution in [1.29, 1.82) is 5.26 Å². The Kier molecular flexibility index (Phi) is 4.88. The molecule has 0 aromatic rings. The molecule has 6 nitrogen and oxygen atoms in total. The first-order valence-electron chi connectivity index (χ1n) is 7.68. The van der Waals surface area contributed by atoms with Crippen LogP contribution in [0.2, 0.25) is 0 Å². The molecule has 1 amide bonds. The lowest BCUT2D eigenvalue weighted by Gasteiger charge is -2.24. The highest BCUT2D eigenvalue weighted by Crippen LogP contribution is 2.33. The standard InChI is InChI=1S/C16H20N4O2/c1-3-4-5-6-7-8-15-18-16-9-14(22)13(10-17)12(2)20(16,11-21)19-15/h9,11H,3-8H2,1-2H3/p+1. The number of nitrogens with one attached hydrogen (secondary N) is 1. The number of hydrogen-bond acceptors (Lipinski definition) is 5. The quantitative estimate of drug-likeness (QED) is 0.445. The van der Waals surface area contributed by atoms with Crippen molar-refractivity contribution >= 4 is 18.0 Å². The number of nitrogens with zero attached hydrogens (tertiary/aromatic N) is 3. The fourth-order valence-corrected chi connectivity index (χ4v) is 2.74. The second-order valence-electron chi connectivity index (χ2n) is 5.59. The van der Waals surface area contributed by atoms with E-state index in [9.17, 15) is 9.59 Å². The largest absolute Gasteiger partial charge is 0.339 e. The monoisotopic (exact) mass is 301 g/mol. The Morgan fingerprint density at radius 1 is 1.36 bits per heavy atom. The molecule has 1 unspecified atom stereocenters. The van der Waals surface area contributed by atoms with Gasteiger partial charge in [-0.1, -0.05) is 37.2 Å². The predicted molar refractivity (Wildman–Crippen MR) is 81.7 cm³/mol. The van der Waals surface area contributed by atoms with E-state index < -0.39 is 4.59 Å². The molecular weight excluding hydrogens is 280 g/mol. The zero-order valence-electron chi connectivity index (χ0n) is 13.1. The van der Waals surface area contributed by atoms with Gasteiger partial charge in [0.25, 0.3) is 0 Å². The van der Waals surface area contributed by atoms with Crippen LogP contribution in [0.3, 0.4) is 0 Å². The first-order valence-corrected chi connectivity index (χ1v) is 7.68. The molecule has 0 bridgehead atoms. The smallest absolute Gasteiger partial charge is 0.292 e. The average Bonchev–Trinajstić information content (AvgIpc) is 2.86. The summed E-state index contributed by atoms with van der Waals surface area (Å²) in [4.78, 5) is 23.5. The maximum absolute atomic E-state index is 11.9. The zero-order valence-corrected chi connectivity index (χ0v) is 13.1. The van der Waals surface area contributed by atoms with Crippen LogP contribution in [-0.2, 0) is 9.59 Å². The van der Waals surface area contributed by atoms with Crippen molar-refractivity contribution in [2.24, 2.45) is 5.10 Å². The van der Waals surface area contributed by atoms with E-state index in [0.29, 0.717) is 23.8 Å². The second-order valence-corrected chi connectivity index (χ2v) is 5.59. The van der Waals surface area contributed by atoms with E-state index in [-0.39, 0.29) is 11.4 Å². The lowest BCUT2D eigenvalue weighted by molar-refractivity contribution is -0.772. The summed E-state index contributed by atoms with van der Waals surface area (Å²) >= 11 is 0. The highest BCUT2D eigenvalue weighted by atomic mass is 16.2. The number of nitriles is 1. The van der Waals surface area contributed by atoms with E-state index in [2.05, 4.69) is 17.3 Å². The third kappa shape index (κ3) is 2.72. The van der Waals surface area contributed by atoms with Gasteiger partial charge < -0.3 is 0 Å². The van der Waals surface area contributed by atoms with Crippen LogP contribution in [0.4, 0.5) is 0 Å². The Hall–Kier alpha value is -2.26. The summed E-state index contributed by atoms with van der Waals surface area (Å²) in [5.41, 5.74) is 0.346. The van der Waals surface area contributed by atoms with Crippen LogP contribution in [-0.4, -0.2) is 22.6 Å². The van der Waals surface area contributed by atoms with Gasteiger partial charge in [-0.15, -0.1) is 0 Å². The number of carbonyl (C=O) groups is 2. The highest BCUT2D eigenvalue weighted by molar-refractivity contribution is 6.09. The van der Waals surface area contributed by atoms with Gasteiger partial charge in [0.2, 0.25) is 11.6 Å². The summed E-state index contributed by atoms with van der Waals surface area (Å²) < 4.78 is -0.432. The van der Waals surface area contributed by atoms with Crippen LogP contribution in [0.25, 0.3) is 0 Å². The van der Waals surface area contributed by atoms with Crippen LogP contribution in [0.5, 0.6) is 0 Å². The van der Waals surface area contributed by atoms with Crippen molar-refractivity contribution in [3.8, 4) is 6.07 Å².